The maximum Gasteiger partial charge on any atom is 0.0946 e. The van der Waals surface area contributed by atoms with Crippen molar-refractivity contribution in [3.63, 3.8) is 0 Å². The second-order valence-electron chi connectivity index (χ2n) is 10.7. The lowest BCUT2D eigenvalue weighted by Gasteiger charge is -2.18. The minimum atomic E-state index is 0.980. The summed E-state index contributed by atoms with van der Waals surface area (Å²) in [5.41, 5.74) is 6.22. The van der Waals surface area contributed by atoms with Crippen LogP contribution in [0.5, 0.6) is 0 Å². The van der Waals surface area contributed by atoms with Crippen LogP contribution in [0.25, 0.3) is 0 Å². The number of aromatic nitrogens is 4. The zero-order chi connectivity index (χ0) is 26.7. The molecule has 2 aromatic heterocycles. The van der Waals surface area contributed by atoms with E-state index in [1.165, 1.54) is 101 Å². The van der Waals surface area contributed by atoms with Gasteiger partial charge in [0.15, 0.2) is 0 Å². The van der Waals surface area contributed by atoms with Crippen molar-refractivity contribution in [2.45, 2.75) is 116 Å². The van der Waals surface area contributed by atoms with Crippen LogP contribution < -0.4 is 0 Å². The third kappa shape index (κ3) is 12.0. The van der Waals surface area contributed by atoms with Gasteiger partial charge in [-0.25, -0.2) is 9.97 Å². The van der Waals surface area contributed by atoms with Crippen LogP contribution in [0.3, 0.4) is 0 Å². The molecule has 0 aliphatic heterocycles. The molecule has 2 heterocycles. The molecule has 0 amide bonds. The third-order valence-corrected chi connectivity index (χ3v) is 8.26. The number of benzene rings is 1. The van der Waals surface area contributed by atoms with Gasteiger partial charge in [-0.15, -0.1) is 0 Å². The van der Waals surface area contributed by atoms with E-state index in [4.69, 9.17) is 0 Å². The fourth-order valence-electron chi connectivity index (χ4n) is 5.33. The Labute approximate surface area is 242 Å². The highest BCUT2D eigenvalue weighted by molar-refractivity contribution is 7.80. The molecule has 0 unspecified atom stereocenters. The van der Waals surface area contributed by atoms with Crippen molar-refractivity contribution < 1.29 is 0 Å². The molecule has 6 heteroatoms. The molecule has 0 atom stereocenters. The van der Waals surface area contributed by atoms with Crippen LogP contribution in [-0.4, -0.2) is 30.6 Å². The number of nitrogens with zero attached hydrogens (tertiary/aromatic N) is 4. The number of rotatable bonds is 22. The molecule has 3 aromatic rings. The Hall–Kier alpha value is -1.66. The van der Waals surface area contributed by atoms with Gasteiger partial charge >= 0.3 is 0 Å². The van der Waals surface area contributed by atoms with Gasteiger partial charge in [-0.05, 0) is 85.1 Å². The summed E-state index contributed by atoms with van der Waals surface area (Å²) >= 11 is 8.71. The first-order valence-corrected chi connectivity index (χ1v) is 16.3. The van der Waals surface area contributed by atoms with E-state index in [9.17, 15) is 0 Å². The molecule has 0 N–H and O–H groups in total. The minimum Gasteiger partial charge on any atom is -0.337 e. The molecule has 4 nitrogen and oxygen atoms in total. The van der Waals surface area contributed by atoms with Gasteiger partial charge in [-0.2, -0.15) is 25.3 Å². The first kappa shape index (κ1) is 30.9. The van der Waals surface area contributed by atoms with Gasteiger partial charge in [0.1, 0.15) is 0 Å². The molecular weight excluding hydrogens is 505 g/mol. The van der Waals surface area contributed by atoms with Crippen LogP contribution in [0.15, 0.2) is 49.6 Å². The summed E-state index contributed by atoms with van der Waals surface area (Å²) < 4.78 is 4.40. The summed E-state index contributed by atoms with van der Waals surface area (Å²) in [6.07, 6.45) is 32.1. The lowest BCUT2D eigenvalue weighted by molar-refractivity contribution is 0.599. The van der Waals surface area contributed by atoms with E-state index in [-0.39, 0.29) is 0 Å². The van der Waals surface area contributed by atoms with E-state index in [0.717, 1.165) is 37.4 Å². The number of thiol groups is 2. The molecule has 1 aromatic carbocycles. The molecule has 210 valence electrons. The predicted molar refractivity (Wildman–Crippen MR) is 169 cm³/mol. The molecule has 0 bridgehead atoms. The largest absolute Gasteiger partial charge is 0.337 e. The highest BCUT2D eigenvalue weighted by Gasteiger charge is 2.11. The normalized spacial score (nSPS) is 11.4. The van der Waals surface area contributed by atoms with E-state index < -0.39 is 0 Å². The Morgan fingerprint density at radius 3 is 1.21 bits per heavy atom. The third-order valence-electron chi connectivity index (χ3n) is 7.63. The van der Waals surface area contributed by atoms with Crippen molar-refractivity contribution in [2.24, 2.45) is 0 Å². The number of hydrogen-bond donors (Lipinski definition) is 2. The summed E-state index contributed by atoms with van der Waals surface area (Å²) in [5.74, 6) is 2.04. The van der Waals surface area contributed by atoms with Gasteiger partial charge in [0.25, 0.3) is 0 Å². The molecule has 0 aliphatic carbocycles. The van der Waals surface area contributed by atoms with E-state index in [0.29, 0.717) is 0 Å². The lowest BCUT2D eigenvalue weighted by Crippen LogP contribution is -2.08. The molecular formula is C32H50N4S2. The quantitative estimate of drug-likeness (QED) is 0.0970. The molecule has 38 heavy (non-hydrogen) atoms. The zero-order valence-electron chi connectivity index (χ0n) is 23.4. The first-order valence-electron chi connectivity index (χ1n) is 15.1. The summed E-state index contributed by atoms with van der Waals surface area (Å²) in [6, 6.07) is 5.15. The second-order valence-corrected chi connectivity index (χ2v) is 11.6. The van der Waals surface area contributed by atoms with Crippen LogP contribution >= 0.6 is 25.3 Å². The van der Waals surface area contributed by atoms with Gasteiger partial charge < -0.3 is 9.13 Å². The molecule has 0 saturated carbocycles. The smallest absolute Gasteiger partial charge is 0.0946 e. The molecule has 0 fully saturated rings. The van der Waals surface area contributed by atoms with Crippen molar-refractivity contribution in [3.8, 4) is 0 Å². The standard InChI is InChI=1S/C32H50N4S2/c37-23-11-7-3-1-5-9-13-29-25-31(15-19-35-21-17-33-27-35)32(16-20-36-22-18-34-28-36)26-30(29)14-10-6-2-4-8-12-24-38/h17-18,21-22,25-28,37-38H,1-16,19-20,23-24H2. The Bertz CT molecular complexity index is 891. The Balaban J connectivity index is 1.68. The summed E-state index contributed by atoms with van der Waals surface area (Å²) in [6.45, 7) is 1.96. The zero-order valence-corrected chi connectivity index (χ0v) is 25.2. The molecule has 0 radical (unpaired) electrons. The van der Waals surface area contributed by atoms with Crippen LogP contribution in [0.4, 0.5) is 0 Å². The highest BCUT2D eigenvalue weighted by Crippen LogP contribution is 2.24. The molecule has 3 rings (SSSR count). The Kier molecular flexibility index (Phi) is 15.8. The maximum atomic E-state index is 4.35. The van der Waals surface area contributed by atoms with E-state index >= 15 is 0 Å². The van der Waals surface area contributed by atoms with Crippen LogP contribution in [0.1, 0.15) is 99.3 Å². The SMILES string of the molecule is SCCCCCCCCc1cc(CCn2ccnc2)c(CCn2ccnc2)cc1CCCCCCCCS. The predicted octanol–water partition coefficient (Wildman–Crippen LogP) is 8.19. The molecule has 0 aliphatic rings. The average molecular weight is 555 g/mol. The van der Waals surface area contributed by atoms with Crippen molar-refractivity contribution in [1.29, 1.82) is 0 Å². The van der Waals surface area contributed by atoms with E-state index in [1.54, 1.807) is 11.1 Å². The molecule has 0 saturated heterocycles. The van der Waals surface area contributed by atoms with Crippen LogP contribution in [-0.2, 0) is 38.8 Å². The van der Waals surface area contributed by atoms with Crippen molar-refractivity contribution >= 4 is 25.3 Å². The first-order chi connectivity index (χ1) is 18.8. The van der Waals surface area contributed by atoms with Gasteiger partial charge in [0, 0.05) is 37.9 Å². The maximum absolute atomic E-state index is 4.35. The number of aryl methyl sites for hydroxylation is 6. The van der Waals surface area contributed by atoms with Gasteiger partial charge in [-0.1, -0.05) is 63.5 Å². The summed E-state index contributed by atoms with van der Waals surface area (Å²) in [7, 11) is 0. The van der Waals surface area contributed by atoms with Crippen LogP contribution in [0.2, 0.25) is 0 Å². The minimum absolute atomic E-state index is 0.980. The number of hydrogen-bond acceptors (Lipinski definition) is 4. The topological polar surface area (TPSA) is 35.6 Å². The fourth-order valence-corrected chi connectivity index (χ4v) is 5.78. The van der Waals surface area contributed by atoms with Crippen molar-refractivity contribution in [1.82, 2.24) is 19.1 Å². The van der Waals surface area contributed by atoms with Gasteiger partial charge in [0.05, 0.1) is 12.7 Å². The van der Waals surface area contributed by atoms with E-state index in [1.807, 2.05) is 25.0 Å². The monoisotopic (exact) mass is 554 g/mol. The van der Waals surface area contributed by atoms with Gasteiger partial charge in [-0.3, -0.25) is 0 Å². The van der Waals surface area contributed by atoms with E-state index in [2.05, 4.69) is 68.9 Å². The lowest BCUT2D eigenvalue weighted by atomic mass is 9.89. The summed E-state index contributed by atoms with van der Waals surface area (Å²) in [4.78, 5) is 8.49. The Morgan fingerprint density at radius 1 is 0.474 bits per heavy atom. The highest BCUT2D eigenvalue weighted by atomic mass is 32.1. The number of imidazole rings is 2. The number of unbranched alkanes of at least 4 members (excludes halogenated alkanes) is 10. The summed E-state index contributed by atoms with van der Waals surface area (Å²) in [5, 5.41) is 0. The second kappa shape index (κ2) is 19.4. The Morgan fingerprint density at radius 2 is 0.842 bits per heavy atom. The van der Waals surface area contributed by atoms with Crippen molar-refractivity contribution in [2.75, 3.05) is 11.5 Å². The van der Waals surface area contributed by atoms with Crippen LogP contribution in [0, 0.1) is 0 Å². The van der Waals surface area contributed by atoms with Crippen molar-refractivity contribution in [3.05, 3.63) is 71.8 Å². The average Bonchev–Trinajstić information content (AvgIpc) is 3.65. The molecule has 0 spiro atoms. The fraction of sp³-hybridized carbons (Fsp3) is 0.625. The van der Waals surface area contributed by atoms with Gasteiger partial charge in [0.2, 0.25) is 0 Å².